The van der Waals surface area contributed by atoms with Gasteiger partial charge in [-0.3, -0.25) is 15.0 Å². The van der Waals surface area contributed by atoms with E-state index in [4.69, 9.17) is 9.51 Å². The Bertz CT molecular complexity index is 1060. The van der Waals surface area contributed by atoms with Crippen LogP contribution in [0, 0.1) is 13.8 Å². The Balaban J connectivity index is 1.78. The highest BCUT2D eigenvalue weighted by molar-refractivity contribution is 5.80. The van der Waals surface area contributed by atoms with Crippen molar-refractivity contribution in [1.82, 2.24) is 30.1 Å². The molecule has 4 aromatic heterocycles. The molecule has 0 bridgehead atoms. The lowest BCUT2D eigenvalue weighted by atomic mass is 10.0. The first-order valence-electron chi connectivity index (χ1n) is 8.87. The lowest BCUT2D eigenvalue weighted by Gasteiger charge is -2.15. The highest BCUT2D eigenvalue weighted by Crippen LogP contribution is 2.33. The summed E-state index contributed by atoms with van der Waals surface area (Å²) in [7, 11) is 0. The van der Waals surface area contributed by atoms with Crippen molar-refractivity contribution in [3.63, 3.8) is 0 Å². The Hall–Kier alpha value is -3.68. The molecule has 0 amide bonds. The summed E-state index contributed by atoms with van der Waals surface area (Å²) in [6.07, 6.45) is 8.46. The van der Waals surface area contributed by atoms with Crippen molar-refractivity contribution in [2.75, 3.05) is 5.32 Å². The van der Waals surface area contributed by atoms with Crippen molar-refractivity contribution < 1.29 is 4.52 Å². The van der Waals surface area contributed by atoms with Gasteiger partial charge in [-0.05, 0) is 32.9 Å². The molecule has 4 rings (SSSR count). The van der Waals surface area contributed by atoms with Crippen molar-refractivity contribution >= 4 is 5.95 Å². The molecular formula is C20H19N7O. The third-order valence-electron chi connectivity index (χ3n) is 4.38. The van der Waals surface area contributed by atoms with Gasteiger partial charge in [0.2, 0.25) is 5.95 Å². The minimum absolute atomic E-state index is 0.0546. The molecule has 0 unspecified atom stereocenters. The molecule has 0 saturated heterocycles. The number of anilines is 1. The summed E-state index contributed by atoms with van der Waals surface area (Å²) >= 11 is 0. The first-order chi connectivity index (χ1) is 13.6. The van der Waals surface area contributed by atoms with Crippen molar-refractivity contribution in [2.45, 2.75) is 26.8 Å². The molecule has 0 saturated carbocycles. The molecule has 0 radical (unpaired) electrons. The highest BCUT2D eigenvalue weighted by atomic mass is 16.5. The smallest absolute Gasteiger partial charge is 0.223 e. The predicted molar refractivity (Wildman–Crippen MR) is 104 cm³/mol. The van der Waals surface area contributed by atoms with Crippen molar-refractivity contribution in [3.8, 4) is 22.5 Å². The topological polar surface area (TPSA) is 103 Å². The number of nitrogens with zero attached hydrogens (tertiary/aromatic N) is 6. The first kappa shape index (κ1) is 17.7. The van der Waals surface area contributed by atoms with Crippen LogP contribution in [-0.4, -0.2) is 30.1 Å². The van der Waals surface area contributed by atoms with E-state index in [0.717, 1.165) is 22.5 Å². The number of rotatable bonds is 5. The average Bonchev–Trinajstić information content (AvgIpc) is 3.07. The second kappa shape index (κ2) is 7.51. The molecule has 4 aromatic rings. The molecular weight excluding hydrogens is 354 g/mol. The van der Waals surface area contributed by atoms with Gasteiger partial charge in [-0.15, -0.1) is 0 Å². The van der Waals surface area contributed by atoms with Crippen LogP contribution in [-0.2, 0) is 0 Å². The van der Waals surface area contributed by atoms with Crippen LogP contribution in [0.25, 0.3) is 22.5 Å². The zero-order valence-electron chi connectivity index (χ0n) is 15.8. The van der Waals surface area contributed by atoms with E-state index in [1.54, 1.807) is 31.0 Å². The lowest BCUT2D eigenvalue weighted by molar-refractivity contribution is 0.393. The summed E-state index contributed by atoms with van der Waals surface area (Å²) in [5.74, 6) is 1.17. The first-order valence-corrected chi connectivity index (χ1v) is 8.87. The molecule has 0 aliphatic rings. The van der Waals surface area contributed by atoms with Crippen molar-refractivity contribution in [3.05, 3.63) is 66.3 Å². The molecule has 28 heavy (non-hydrogen) atoms. The monoisotopic (exact) mass is 373 g/mol. The molecule has 0 aliphatic carbocycles. The second-order valence-electron chi connectivity index (χ2n) is 6.37. The maximum Gasteiger partial charge on any atom is 0.223 e. The van der Waals surface area contributed by atoms with E-state index in [-0.39, 0.29) is 6.04 Å². The fourth-order valence-corrected chi connectivity index (χ4v) is 2.99. The summed E-state index contributed by atoms with van der Waals surface area (Å²) in [5, 5.41) is 7.37. The van der Waals surface area contributed by atoms with Gasteiger partial charge in [0, 0.05) is 30.4 Å². The largest absolute Gasteiger partial charge is 0.361 e. The van der Waals surface area contributed by atoms with Gasteiger partial charge >= 0.3 is 0 Å². The molecule has 0 aromatic carbocycles. The molecule has 8 heteroatoms. The van der Waals surface area contributed by atoms with E-state index in [1.807, 2.05) is 39.0 Å². The SMILES string of the molecule is Cc1noc(C)c1-c1nc(N[C@H](C)c2ccccn2)ncc1-c1cnccn1. The van der Waals surface area contributed by atoms with Gasteiger partial charge in [0.15, 0.2) is 0 Å². The van der Waals surface area contributed by atoms with Crippen LogP contribution in [0.4, 0.5) is 5.95 Å². The molecule has 0 aliphatic heterocycles. The average molecular weight is 373 g/mol. The Kier molecular flexibility index (Phi) is 4.76. The molecule has 0 fully saturated rings. The third kappa shape index (κ3) is 3.44. The van der Waals surface area contributed by atoms with Gasteiger partial charge in [0.25, 0.3) is 0 Å². The molecule has 4 heterocycles. The van der Waals surface area contributed by atoms with E-state index in [9.17, 15) is 0 Å². The zero-order valence-corrected chi connectivity index (χ0v) is 15.8. The number of aryl methyl sites for hydroxylation is 2. The van der Waals surface area contributed by atoms with Gasteiger partial charge in [-0.25, -0.2) is 9.97 Å². The van der Waals surface area contributed by atoms with Gasteiger partial charge in [0.1, 0.15) is 5.76 Å². The Morgan fingerprint density at radius 3 is 2.57 bits per heavy atom. The molecule has 8 nitrogen and oxygen atoms in total. The number of nitrogens with one attached hydrogen (secondary N) is 1. The summed E-state index contributed by atoms with van der Waals surface area (Å²) in [5.41, 5.74) is 4.63. The summed E-state index contributed by atoms with van der Waals surface area (Å²) in [6.45, 7) is 5.76. The van der Waals surface area contributed by atoms with Crippen molar-refractivity contribution in [2.24, 2.45) is 0 Å². The minimum atomic E-state index is -0.0546. The lowest BCUT2D eigenvalue weighted by Crippen LogP contribution is -2.11. The molecule has 140 valence electrons. The maximum atomic E-state index is 5.35. The minimum Gasteiger partial charge on any atom is -0.361 e. The van der Waals surface area contributed by atoms with E-state index in [1.165, 1.54) is 0 Å². The quantitative estimate of drug-likeness (QED) is 0.564. The highest BCUT2D eigenvalue weighted by Gasteiger charge is 2.20. The van der Waals surface area contributed by atoms with Gasteiger partial charge in [-0.2, -0.15) is 0 Å². The fraction of sp³-hybridized carbons (Fsp3) is 0.200. The van der Waals surface area contributed by atoms with Crippen LogP contribution in [0.3, 0.4) is 0 Å². The Morgan fingerprint density at radius 2 is 1.89 bits per heavy atom. The van der Waals surface area contributed by atoms with Crippen LogP contribution >= 0.6 is 0 Å². The maximum absolute atomic E-state index is 5.35. The number of hydrogen-bond acceptors (Lipinski definition) is 8. The standard InChI is InChI=1S/C20H19N7O/c1-12(16-6-4-5-7-22-16)25-20-24-10-15(17-11-21-8-9-23-17)19(26-20)18-13(2)27-28-14(18)3/h4-12H,1-3H3,(H,24,25,26)/t12-/m1/s1. The van der Waals surface area contributed by atoms with E-state index in [2.05, 4.69) is 30.4 Å². The predicted octanol–water partition coefficient (Wildman–Crippen LogP) is 3.77. The van der Waals surface area contributed by atoms with Crippen LogP contribution < -0.4 is 5.32 Å². The van der Waals surface area contributed by atoms with Gasteiger partial charge in [-0.1, -0.05) is 11.2 Å². The summed E-state index contributed by atoms with van der Waals surface area (Å²) in [4.78, 5) is 22.2. The Morgan fingerprint density at radius 1 is 1.00 bits per heavy atom. The zero-order chi connectivity index (χ0) is 19.5. The van der Waals surface area contributed by atoms with Crippen LogP contribution in [0.5, 0.6) is 0 Å². The molecule has 0 spiro atoms. The van der Waals surface area contributed by atoms with Crippen molar-refractivity contribution in [1.29, 1.82) is 0 Å². The fourth-order valence-electron chi connectivity index (χ4n) is 2.99. The molecule has 1 N–H and O–H groups in total. The van der Waals surface area contributed by atoms with Crippen LogP contribution in [0.2, 0.25) is 0 Å². The van der Waals surface area contributed by atoms with Crippen LogP contribution in [0.1, 0.15) is 30.1 Å². The van der Waals surface area contributed by atoms with E-state index in [0.29, 0.717) is 23.1 Å². The number of pyridine rings is 1. The summed E-state index contributed by atoms with van der Waals surface area (Å²) < 4.78 is 5.35. The molecule has 1 atom stereocenters. The van der Waals surface area contributed by atoms with E-state index >= 15 is 0 Å². The second-order valence-corrected chi connectivity index (χ2v) is 6.37. The van der Waals surface area contributed by atoms with Gasteiger partial charge in [0.05, 0.1) is 40.6 Å². The summed E-state index contributed by atoms with van der Waals surface area (Å²) in [6, 6.07) is 5.74. The Labute approximate surface area is 162 Å². The van der Waals surface area contributed by atoms with Gasteiger partial charge < -0.3 is 9.84 Å². The number of aromatic nitrogens is 6. The normalized spacial score (nSPS) is 12.0. The van der Waals surface area contributed by atoms with Crippen LogP contribution in [0.15, 0.2) is 53.7 Å². The third-order valence-corrected chi connectivity index (χ3v) is 4.38. The number of hydrogen-bond donors (Lipinski definition) is 1. The van der Waals surface area contributed by atoms with E-state index < -0.39 is 0 Å².